The molecule has 0 saturated carbocycles. The molecule has 0 bridgehead atoms. The molecular weight excluding hydrogens is 447 g/mol. The Bertz CT molecular complexity index is 1380. The van der Waals surface area contributed by atoms with Crippen molar-refractivity contribution in [2.45, 2.75) is 19.5 Å². The van der Waals surface area contributed by atoms with E-state index in [0.29, 0.717) is 28.7 Å². The lowest BCUT2D eigenvalue weighted by Gasteiger charge is -2.35. The highest BCUT2D eigenvalue weighted by molar-refractivity contribution is 5.86. The minimum absolute atomic E-state index is 0.264. The van der Waals surface area contributed by atoms with Crippen molar-refractivity contribution in [2.75, 3.05) is 7.11 Å². The van der Waals surface area contributed by atoms with Gasteiger partial charge < -0.3 is 14.6 Å². The summed E-state index contributed by atoms with van der Waals surface area (Å²) in [5.41, 5.74) is 3.79. The van der Waals surface area contributed by atoms with Crippen molar-refractivity contribution < 1.29 is 18.4 Å². The average molecular weight is 471 g/mol. The molecule has 1 unspecified atom stereocenters. The van der Waals surface area contributed by atoms with E-state index < -0.39 is 6.04 Å². The number of hydrogen-bond acceptors (Lipinski definition) is 5. The molecule has 5 rings (SSSR count). The molecule has 4 aromatic rings. The number of allylic oxidation sites excluding steroid dienone is 1. The summed E-state index contributed by atoms with van der Waals surface area (Å²) in [6, 6.07) is 22.3. The van der Waals surface area contributed by atoms with Gasteiger partial charge in [0.15, 0.2) is 0 Å². The summed E-state index contributed by atoms with van der Waals surface area (Å²) in [4.78, 5) is 19.4. The molecule has 0 aliphatic carbocycles. The average Bonchev–Trinajstić information content (AvgIpc) is 3.38. The van der Waals surface area contributed by atoms with Gasteiger partial charge in [-0.1, -0.05) is 59.8 Å². The van der Waals surface area contributed by atoms with Crippen LogP contribution < -0.4 is 10.1 Å². The third kappa shape index (κ3) is 4.50. The van der Waals surface area contributed by atoms with Crippen LogP contribution in [0.5, 0.6) is 5.75 Å². The Morgan fingerprint density at radius 2 is 1.83 bits per heavy atom. The van der Waals surface area contributed by atoms with Crippen molar-refractivity contribution in [1.82, 2.24) is 20.4 Å². The second-order valence-corrected chi connectivity index (χ2v) is 8.16. The number of urea groups is 1. The first-order chi connectivity index (χ1) is 17.0. The molecule has 0 saturated heterocycles. The van der Waals surface area contributed by atoms with Crippen LogP contribution in [-0.4, -0.2) is 28.2 Å². The first-order valence-electron chi connectivity index (χ1n) is 11.1. The van der Waals surface area contributed by atoms with Crippen molar-refractivity contribution in [2.24, 2.45) is 0 Å². The van der Waals surface area contributed by atoms with E-state index in [2.05, 4.69) is 15.5 Å². The third-order valence-electron chi connectivity index (χ3n) is 5.97. The number of nitrogens with zero attached hydrogens (tertiary/aromatic N) is 3. The number of hydrogen-bond donors (Lipinski definition) is 1. The summed E-state index contributed by atoms with van der Waals surface area (Å²) in [6.45, 7) is 2.11. The Hall–Kier alpha value is -4.46. The van der Waals surface area contributed by atoms with E-state index in [0.717, 1.165) is 16.7 Å². The fourth-order valence-corrected chi connectivity index (χ4v) is 4.13. The molecule has 1 aromatic heterocycles. The number of benzene rings is 3. The van der Waals surface area contributed by atoms with Gasteiger partial charge >= 0.3 is 6.03 Å². The van der Waals surface area contributed by atoms with Crippen LogP contribution in [0.15, 0.2) is 89.1 Å². The maximum Gasteiger partial charge on any atom is 0.322 e. The molecular formula is C27H23FN4O3. The van der Waals surface area contributed by atoms with E-state index in [1.54, 1.807) is 24.1 Å². The largest absolute Gasteiger partial charge is 0.497 e. The summed E-state index contributed by atoms with van der Waals surface area (Å²) in [7, 11) is 1.60. The zero-order chi connectivity index (χ0) is 24.4. The Morgan fingerprint density at radius 1 is 1.06 bits per heavy atom. The first kappa shape index (κ1) is 22.3. The van der Waals surface area contributed by atoms with Crippen LogP contribution in [-0.2, 0) is 6.54 Å². The fraction of sp³-hybridized carbons (Fsp3) is 0.148. The second-order valence-electron chi connectivity index (χ2n) is 8.16. The maximum atomic E-state index is 13.4. The number of rotatable bonds is 6. The molecule has 2 amide bonds. The van der Waals surface area contributed by atoms with Crippen molar-refractivity contribution >= 4 is 11.6 Å². The molecule has 0 radical (unpaired) electrons. The Kier molecular flexibility index (Phi) is 6.01. The molecule has 1 N–H and O–H groups in total. The summed E-state index contributed by atoms with van der Waals surface area (Å²) >= 11 is 0. The van der Waals surface area contributed by atoms with Crippen LogP contribution in [0.25, 0.3) is 17.0 Å². The maximum absolute atomic E-state index is 13.4. The van der Waals surface area contributed by atoms with Gasteiger partial charge in [0.2, 0.25) is 5.82 Å². The van der Waals surface area contributed by atoms with Gasteiger partial charge in [0.25, 0.3) is 5.89 Å². The standard InChI is InChI=1S/C27H23FN4O3/c1-17-23(26-30-25(31-35-26)20-9-6-10-22(15-20)34-2)24(19-7-4-3-5-8-19)29-27(33)32(17)16-18-11-13-21(28)14-12-18/h3-15,24H,16H2,1-2H3,(H,29,33). The predicted molar refractivity (Wildman–Crippen MR) is 129 cm³/mol. The molecule has 0 spiro atoms. The molecule has 3 aromatic carbocycles. The van der Waals surface area contributed by atoms with Crippen LogP contribution >= 0.6 is 0 Å². The summed E-state index contributed by atoms with van der Waals surface area (Å²) < 4.78 is 24.4. The summed E-state index contributed by atoms with van der Waals surface area (Å²) in [5.74, 6) is 1.07. The molecule has 0 fully saturated rings. The minimum Gasteiger partial charge on any atom is -0.497 e. The van der Waals surface area contributed by atoms with Gasteiger partial charge in [0.05, 0.1) is 25.3 Å². The van der Waals surface area contributed by atoms with Gasteiger partial charge in [-0.25, -0.2) is 9.18 Å². The van der Waals surface area contributed by atoms with Gasteiger partial charge in [-0.15, -0.1) is 0 Å². The Labute approximate surface area is 201 Å². The van der Waals surface area contributed by atoms with Gasteiger partial charge in [-0.2, -0.15) is 4.98 Å². The number of aromatic nitrogens is 2. The van der Waals surface area contributed by atoms with Crippen LogP contribution in [0.4, 0.5) is 9.18 Å². The fourth-order valence-electron chi connectivity index (χ4n) is 4.13. The number of carbonyl (C=O) groups is 1. The van der Waals surface area contributed by atoms with E-state index in [4.69, 9.17) is 9.26 Å². The smallest absolute Gasteiger partial charge is 0.322 e. The molecule has 1 aliphatic heterocycles. The van der Waals surface area contributed by atoms with E-state index in [9.17, 15) is 9.18 Å². The van der Waals surface area contributed by atoms with Crippen LogP contribution in [0, 0.1) is 5.82 Å². The van der Waals surface area contributed by atoms with Gasteiger partial charge in [-0.3, -0.25) is 4.90 Å². The molecule has 176 valence electrons. The molecule has 2 heterocycles. The molecule has 35 heavy (non-hydrogen) atoms. The lowest BCUT2D eigenvalue weighted by molar-refractivity contribution is 0.203. The summed E-state index contributed by atoms with van der Waals surface area (Å²) in [5, 5.41) is 7.26. The highest BCUT2D eigenvalue weighted by Gasteiger charge is 2.35. The van der Waals surface area contributed by atoms with E-state index in [-0.39, 0.29) is 18.4 Å². The summed E-state index contributed by atoms with van der Waals surface area (Å²) in [6.07, 6.45) is 0. The number of ether oxygens (including phenoxy) is 1. The normalized spacial score (nSPS) is 15.8. The van der Waals surface area contributed by atoms with Gasteiger partial charge in [0.1, 0.15) is 11.6 Å². The van der Waals surface area contributed by atoms with Crippen molar-refractivity contribution in [1.29, 1.82) is 0 Å². The zero-order valence-electron chi connectivity index (χ0n) is 19.2. The SMILES string of the molecule is COc1cccc(-c2noc(C3=C(C)N(Cc4ccc(F)cc4)C(=O)NC3c3ccccc3)n2)c1. The van der Waals surface area contributed by atoms with Gasteiger partial charge in [-0.05, 0) is 42.3 Å². The topological polar surface area (TPSA) is 80.5 Å². The lowest BCUT2D eigenvalue weighted by atomic mass is 9.94. The number of nitrogens with one attached hydrogen (secondary N) is 1. The zero-order valence-corrected chi connectivity index (χ0v) is 19.2. The van der Waals surface area contributed by atoms with Crippen LogP contribution in [0.2, 0.25) is 0 Å². The highest BCUT2D eigenvalue weighted by Crippen LogP contribution is 2.38. The molecule has 1 aliphatic rings. The number of halogens is 1. The number of carbonyl (C=O) groups excluding carboxylic acids is 1. The third-order valence-corrected chi connectivity index (χ3v) is 5.97. The number of methoxy groups -OCH3 is 1. The number of amides is 2. The molecule has 8 heteroatoms. The molecule has 1 atom stereocenters. The Balaban J connectivity index is 1.58. The Morgan fingerprint density at radius 3 is 2.57 bits per heavy atom. The van der Waals surface area contributed by atoms with E-state index >= 15 is 0 Å². The monoisotopic (exact) mass is 470 g/mol. The highest BCUT2D eigenvalue weighted by atomic mass is 19.1. The quantitative estimate of drug-likeness (QED) is 0.398. The molecule has 7 nitrogen and oxygen atoms in total. The van der Waals surface area contributed by atoms with Crippen molar-refractivity contribution in [3.8, 4) is 17.1 Å². The van der Waals surface area contributed by atoms with E-state index in [1.165, 1.54) is 12.1 Å². The van der Waals surface area contributed by atoms with Crippen molar-refractivity contribution in [3.63, 3.8) is 0 Å². The van der Waals surface area contributed by atoms with Crippen LogP contribution in [0.1, 0.15) is 30.0 Å². The van der Waals surface area contributed by atoms with Gasteiger partial charge in [0, 0.05) is 11.3 Å². The predicted octanol–water partition coefficient (Wildman–Crippen LogP) is 5.58. The lowest BCUT2D eigenvalue weighted by Crippen LogP contribution is -2.45. The minimum atomic E-state index is -0.480. The first-order valence-corrected chi connectivity index (χ1v) is 11.1. The van der Waals surface area contributed by atoms with Crippen LogP contribution in [0.3, 0.4) is 0 Å². The second kappa shape index (κ2) is 9.42. The van der Waals surface area contributed by atoms with E-state index in [1.807, 2.05) is 61.5 Å². The van der Waals surface area contributed by atoms with Crippen molar-refractivity contribution in [3.05, 3.63) is 107 Å².